The largest absolute Gasteiger partial charge is 0.420 e. The lowest BCUT2D eigenvalue weighted by atomic mass is 10.2. The molecule has 0 saturated carbocycles. The van der Waals surface area contributed by atoms with E-state index in [4.69, 9.17) is 42.6 Å². The van der Waals surface area contributed by atoms with Gasteiger partial charge in [-0.05, 0) is 0 Å². The Labute approximate surface area is 319 Å². The van der Waals surface area contributed by atoms with Crippen molar-refractivity contribution in [2.45, 2.75) is 12.8 Å². The molecule has 324 valence electrons. The fourth-order valence-corrected chi connectivity index (χ4v) is 3.85. The summed E-state index contributed by atoms with van der Waals surface area (Å²) in [5.74, 6) is -28.6. The molecule has 0 spiro atoms. The van der Waals surface area contributed by atoms with Crippen molar-refractivity contribution < 1.29 is 106 Å². The summed E-state index contributed by atoms with van der Waals surface area (Å²) in [5.41, 5.74) is 0. The van der Waals surface area contributed by atoms with Crippen molar-refractivity contribution in [2.75, 3.05) is 119 Å². The van der Waals surface area contributed by atoms with E-state index in [-0.39, 0.29) is 66.1 Å². The van der Waals surface area contributed by atoms with Crippen molar-refractivity contribution >= 4 is 11.9 Å². The fraction of sp³-hybridized carbons (Fsp3) is 0.588. The smallest absolute Gasteiger partial charge is 0.313 e. The number of ether oxygens (including phenoxy) is 11. The number of esters is 2. The van der Waals surface area contributed by atoms with Gasteiger partial charge < -0.3 is 52.1 Å². The second-order valence-corrected chi connectivity index (χ2v) is 10.8. The summed E-state index contributed by atoms with van der Waals surface area (Å²) in [6.07, 6.45) is -1.03. The van der Waals surface area contributed by atoms with Gasteiger partial charge in [0, 0.05) is 0 Å². The molecule has 0 aliphatic rings. The lowest BCUT2D eigenvalue weighted by Gasteiger charge is -2.09. The minimum Gasteiger partial charge on any atom is -0.420 e. The Morgan fingerprint density at radius 1 is 0.263 bits per heavy atom. The van der Waals surface area contributed by atoms with Gasteiger partial charge in [0.2, 0.25) is 69.7 Å². The number of carbonyl (C=O) groups is 2. The Bertz CT molecular complexity index is 1360. The zero-order valence-electron chi connectivity index (χ0n) is 30.2. The molecule has 2 aromatic rings. The molecule has 0 bridgehead atoms. The first-order valence-corrected chi connectivity index (χ1v) is 17.0. The number of hydrogen-bond acceptors (Lipinski definition) is 13. The number of hydrogen-bond donors (Lipinski definition) is 0. The molecule has 23 heteroatoms. The summed E-state index contributed by atoms with van der Waals surface area (Å²) in [4.78, 5) is 23.3. The van der Waals surface area contributed by atoms with Gasteiger partial charge in [-0.1, -0.05) is 0 Å². The average molecular weight is 847 g/mol. The van der Waals surface area contributed by atoms with E-state index in [9.17, 15) is 53.5 Å². The third-order valence-electron chi connectivity index (χ3n) is 6.65. The number of rotatable bonds is 32. The van der Waals surface area contributed by atoms with E-state index in [1.807, 2.05) is 0 Å². The van der Waals surface area contributed by atoms with Gasteiger partial charge in [0.05, 0.1) is 132 Å². The van der Waals surface area contributed by atoms with E-state index in [1.165, 1.54) is 0 Å². The summed E-state index contributed by atoms with van der Waals surface area (Å²) in [5, 5.41) is 0. The molecule has 0 radical (unpaired) electrons. The van der Waals surface area contributed by atoms with Crippen LogP contribution in [0.15, 0.2) is 0 Å². The standard InChI is InChI=1S/C34H40F10O13/c35-23-25(37)29(41)33(30(42)26(23)38)56-21(45)1-3-47-5-7-49-9-11-51-13-15-53-17-19-55-20-18-54-16-14-52-12-10-50-8-6-48-4-2-22(46)57-34-31(43)27(39)24(36)28(40)32(34)44/h1-20H2. The van der Waals surface area contributed by atoms with Crippen molar-refractivity contribution in [3.05, 3.63) is 58.2 Å². The number of benzene rings is 2. The van der Waals surface area contributed by atoms with Gasteiger partial charge >= 0.3 is 11.9 Å². The summed E-state index contributed by atoms with van der Waals surface area (Å²) in [6, 6.07) is 0. The second-order valence-electron chi connectivity index (χ2n) is 10.8. The van der Waals surface area contributed by atoms with Crippen LogP contribution < -0.4 is 9.47 Å². The van der Waals surface area contributed by atoms with Gasteiger partial charge in [-0.3, -0.25) is 9.59 Å². The number of carbonyl (C=O) groups excluding carboxylic acids is 2. The van der Waals surface area contributed by atoms with E-state index < -0.39 is 94.5 Å². The number of halogens is 10. The van der Waals surface area contributed by atoms with Crippen LogP contribution >= 0.6 is 0 Å². The lowest BCUT2D eigenvalue weighted by Crippen LogP contribution is -2.17. The Hall–Kier alpha value is -3.68. The van der Waals surface area contributed by atoms with Crippen LogP contribution in [-0.2, 0) is 52.2 Å². The molecule has 0 fully saturated rings. The highest BCUT2D eigenvalue weighted by atomic mass is 19.2. The molecule has 0 unspecified atom stereocenters. The van der Waals surface area contributed by atoms with Crippen LogP contribution in [-0.4, -0.2) is 131 Å². The zero-order chi connectivity index (χ0) is 42.0. The van der Waals surface area contributed by atoms with Crippen molar-refractivity contribution in [3.63, 3.8) is 0 Å². The second kappa shape index (κ2) is 28.7. The highest BCUT2D eigenvalue weighted by Crippen LogP contribution is 2.30. The topological polar surface area (TPSA) is 136 Å². The Kier molecular flexibility index (Phi) is 24.9. The van der Waals surface area contributed by atoms with Crippen LogP contribution in [0.25, 0.3) is 0 Å². The third-order valence-corrected chi connectivity index (χ3v) is 6.65. The zero-order valence-corrected chi connectivity index (χ0v) is 30.2. The molecule has 0 aliphatic carbocycles. The Balaban J connectivity index is 1.26. The first kappa shape index (κ1) is 49.5. The van der Waals surface area contributed by atoms with Crippen molar-refractivity contribution in [3.8, 4) is 11.5 Å². The van der Waals surface area contributed by atoms with E-state index >= 15 is 0 Å². The van der Waals surface area contributed by atoms with Gasteiger partial charge in [0.15, 0.2) is 0 Å². The predicted molar refractivity (Wildman–Crippen MR) is 170 cm³/mol. The SMILES string of the molecule is O=C(CCOCCOCCOCCOCCOCCOCCOCCOCCOCCC(=O)Oc1c(F)c(F)c(F)c(F)c1F)Oc1c(F)c(F)c(F)c(F)c1F. The molecule has 0 aromatic heterocycles. The molecule has 0 atom stereocenters. The quantitative estimate of drug-likeness (QED) is 0.0256. The minimum atomic E-state index is -2.37. The molecule has 57 heavy (non-hydrogen) atoms. The van der Waals surface area contributed by atoms with E-state index in [2.05, 4.69) is 9.47 Å². The Morgan fingerprint density at radius 2 is 0.421 bits per heavy atom. The van der Waals surface area contributed by atoms with Crippen molar-refractivity contribution in [1.82, 2.24) is 0 Å². The van der Waals surface area contributed by atoms with E-state index in [0.717, 1.165) is 0 Å². The van der Waals surface area contributed by atoms with Gasteiger partial charge in [-0.15, -0.1) is 0 Å². The van der Waals surface area contributed by atoms with Crippen LogP contribution in [0.5, 0.6) is 11.5 Å². The average Bonchev–Trinajstić information content (AvgIpc) is 3.20. The van der Waals surface area contributed by atoms with Gasteiger partial charge in [0.25, 0.3) is 0 Å². The highest BCUT2D eigenvalue weighted by Gasteiger charge is 2.29. The van der Waals surface area contributed by atoms with Gasteiger partial charge in [-0.2, -0.15) is 17.6 Å². The van der Waals surface area contributed by atoms with Crippen molar-refractivity contribution in [1.29, 1.82) is 0 Å². The summed E-state index contributed by atoms with van der Waals surface area (Å²) in [6.45, 7) is 3.37. The molecule has 0 N–H and O–H groups in total. The Morgan fingerprint density at radius 3 is 0.614 bits per heavy atom. The van der Waals surface area contributed by atoms with E-state index in [1.54, 1.807) is 0 Å². The maximum Gasteiger partial charge on any atom is 0.313 e. The highest BCUT2D eigenvalue weighted by molar-refractivity contribution is 5.73. The minimum absolute atomic E-state index is 0.0439. The van der Waals surface area contributed by atoms with Crippen LogP contribution in [0.2, 0.25) is 0 Å². The maximum absolute atomic E-state index is 13.5. The molecule has 0 aliphatic heterocycles. The van der Waals surface area contributed by atoms with Crippen molar-refractivity contribution in [2.24, 2.45) is 0 Å². The molecular formula is C34H40F10O13. The molecule has 13 nitrogen and oxygen atoms in total. The van der Waals surface area contributed by atoms with E-state index in [0.29, 0.717) is 52.9 Å². The molecule has 2 aromatic carbocycles. The van der Waals surface area contributed by atoms with Gasteiger partial charge in [-0.25, -0.2) is 26.3 Å². The molecule has 0 saturated heterocycles. The van der Waals surface area contributed by atoms with Gasteiger partial charge in [0.1, 0.15) is 0 Å². The van der Waals surface area contributed by atoms with Crippen LogP contribution in [0.3, 0.4) is 0 Å². The van der Waals surface area contributed by atoms with Crippen LogP contribution in [0.1, 0.15) is 12.8 Å². The molecule has 0 heterocycles. The molecule has 0 amide bonds. The summed E-state index contributed by atoms with van der Waals surface area (Å²) < 4.78 is 189. The molecular weight excluding hydrogens is 806 g/mol. The summed E-state index contributed by atoms with van der Waals surface area (Å²) in [7, 11) is 0. The first-order valence-electron chi connectivity index (χ1n) is 17.0. The monoisotopic (exact) mass is 846 g/mol. The first-order chi connectivity index (χ1) is 27.4. The van der Waals surface area contributed by atoms with Crippen LogP contribution in [0.4, 0.5) is 43.9 Å². The normalized spacial score (nSPS) is 11.4. The lowest BCUT2D eigenvalue weighted by molar-refractivity contribution is -0.137. The third kappa shape index (κ3) is 18.6. The predicted octanol–water partition coefficient (Wildman–Crippen LogP) is 4.52. The fourth-order valence-electron chi connectivity index (χ4n) is 3.85. The van der Waals surface area contributed by atoms with Crippen LogP contribution in [0, 0.1) is 58.2 Å². The summed E-state index contributed by atoms with van der Waals surface area (Å²) >= 11 is 0. The molecule has 2 rings (SSSR count). The maximum atomic E-state index is 13.5.